The van der Waals surface area contributed by atoms with Gasteiger partial charge in [-0.2, -0.15) is 0 Å². The van der Waals surface area contributed by atoms with Gasteiger partial charge in [-0.25, -0.2) is 0 Å². The lowest BCUT2D eigenvalue weighted by atomic mass is 9.84. The fraction of sp³-hybridized carbons (Fsp3) is 1.00. The Labute approximate surface area is 115 Å². The molecule has 1 N–H and O–H groups in total. The van der Waals surface area contributed by atoms with Crippen molar-refractivity contribution in [2.24, 2.45) is 5.41 Å². The molecule has 0 amide bonds. The molecule has 1 rings (SSSR count). The SMILES string of the molecule is CCCNC(CCN(C)C1CCCC1)C(C)(C)C. The fourth-order valence-electron chi connectivity index (χ4n) is 3.02. The third-order valence-corrected chi connectivity index (χ3v) is 4.40. The monoisotopic (exact) mass is 254 g/mol. The first kappa shape index (κ1) is 16.0. The van der Waals surface area contributed by atoms with Gasteiger partial charge in [0.25, 0.3) is 0 Å². The maximum atomic E-state index is 3.73. The first-order valence-electron chi connectivity index (χ1n) is 7.88. The number of nitrogens with one attached hydrogen (secondary N) is 1. The normalized spacial score (nSPS) is 19.7. The van der Waals surface area contributed by atoms with E-state index in [0.717, 1.165) is 12.6 Å². The van der Waals surface area contributed by atoms with Gasteiger partial charge in [0.05, 0.1) is 0 Å². The smallest absolute Gasteiger partial charge is 0.0128 e. The van der Waals surface area contributed by atoms with E-state index in [1.165, 1.54) is 45.1 Å². The highest BCUT2D eigenvalue weighted by Gasteiger charge is 2.25. The largest absolute Gasteiger partial charge is 0.313 e. The molecule has 1 aliphatic rings. The molecule has 0 aromatic heterocycles. The van der Waals surface area contributed by atoms with E-state index >= 15 is 0 Å². The molecule has 0 saturated heterocycles. The summed E-state index contributed by atoms with van der Waals surface area (Å²) in [5.74, 6) is 0. The minimum atomic E-state index is 0.367. The summed E-state index contributed by atoms with van der Waals surface area (Å²) in [7, 11) is 2.32. The van der Waals surface area contributed by atoms with Crippen molar-refractivity contribution in [2.45, 2.75) is 78.3 Å². The van der Waals surface area contributed by atoms with Gasteiger partial charge in [0.1, 0.15) is 0 Å². The van der Waals surface area contributed by atoms with Gasteiger partial charge in [-0.1, -0.05) is 40.5 Å². The topological polar surface area (TPSA) is 15.3 Å². The van der Waals surface area contributed by atoms with Crippen LogP contribution in [0.2, 0.25) is 0 Å². The van der Waals surface area contributed by atoms with E-state index in [9.17, 15) is 0 Å². The quantitative estimate of drug-likeness (QED) is 0.746. The molecule has 1 aliphatic carbocycles. The molecule has 2 heteroatoms. The molecule has 1 atom stereocenters. The zero-order chi connectivity index (χ0) is 13.6. The number of rotatable bonds is 7. The van der Waals surface area contributed by atoms with Crippen molar-refractivity contribution in [1.29, 1.82) is 0 Å². The third-order valence-electron chi connectivity index (χ3n) is 4.40. The molecule has 1 saturated carbocycles. The Balaban J connectivity index is 2.35. The Morgan fingerprint density at radius 1 is 1.22 bits per heavy atom. The van der Waals surface area contributed by atoms with Crippen LogP contribution in [0.4, 0.5) is 0 Å². The molecule has 0 aliphatic heterocycles. The van der Waals surface area contributed by atoms with Crippen LogP contribution in [-0.2, 0) is 0 Å². The van der Waals surface area contributed by atoms with E-state index in [0.29, 0.717) is 11.5 Å². The van der Waals surface area contributed by atoms with Crippen LogP contribution in [0, 0.1) is 5.41 Å². The van der Waals surface area contributed by atoms with E-state index < -0.39 is 0 Å². The fourth-order valence-corrected chi connectivity index (χ4v) is 3.02. The average molecular weight is 254 g/mol. The van der Waals surface area contributed by atoms with E-state index in [1.54, 1.807) is 0 Å². The minimum absolute atomic E-state index is 0.367. The van der Waals surface area contributed by atoms with Crippen molar-refractivity contribution in [3.05, 3.63) is 0 Å². The number of hydrogen-bond donors (Lipinski definition) is 1. The van der Waals surface area contributed by atoms with Crippen LogP contribution in [0.1, 0.15) is 66.2 Å². The molecule has 0 heterocycles. The first-order chi connectivity index (χ1) is 8.45. The van der Waals surface area contributed by atoms with Gasteiger partial charge in [-0.05, 0) is 51.2 Å². The summed E-state index contributed by atoms with van der Waals surface area (Å²) in [6.45, 7) is 11.7. The Hall–Kier alpha value is -0.0800. The molecular formula is C16H34N2. The highest BCUT2D eigenvalue weighted by atomic mass is 15.1. The van der Waals surface area contributed by atoms with Gasteiger partial charge in [0.2, 0.25) is 0 Å². The third kappa shape index (κ3) is 5.27. The van der Waals surface area contributed by atoms with Crippen LogP contribution in [0.3, 0.4) is 0 Å². The molecule has 0 aromatic carbocycles. The highest BCUT2D eigenvalue weighted by Crippen LogP contribution is 2.25. The lowest BCUT2D eigenvalue weighted by Crippen LogP contribution is -2.43. The minimum Gasteiger partial charge on any atom is -0.313 e. The van der Waals surface area contributed by atoms with E-state index in [1.807, 2.05) is 0 Å². The van der Waals surface area contributed by atoms with Crippen molar-refractivity contribution >= 4 is 0 Å². The Morgan fingerprint density at radius 2 is 1.83 bits per heavy atom. The lowest BCUT2D eigenvalue weighted by molar-refractivity contribution is 0.192. The van der Waals surface area contributed by atoms with Crippen LogP contribution in [0.15, 0.2) is 0 Å². The van der Waals surface area contributed by atoms with Gasteiger partial charge in [0.15, 0.2) is 0 Å². The molecule has 1 unspecified atom stereocenters. The van der Waals surface area contributed by atoms with Gasteiger partial charge in [0, 0.05) is 12.1 Å². The molecule has 2 nitrogen and oxygen atoms in total. The van der Waals surface area contributed by atoms with Gasteiger partial charge < -0.3 is 10.2 Å². The first-order valence-corrected chi connectivity index (χ1v) is 7.88. The molecule has 0 bridgehead atoms. The maximum Gasteiger partial charge on any atom is 0.0128 e. The lowest BCUT2D eigenvalue weighted by Gasteiger charge is -2.34. The van der Waals surface area contributed by atoms with Gasteiger partial charge >= 0.3 is 0 Å². The summed E-state index contributed by atoms with van der Waals surface area (Å²) in [4.78, 5) is 2.60. The molecular weight excluding hydrogens is 220 g/mol. The highest BCUT2D eigenvalue weighted by molar-refractivity contribution is 4.83. The number of hydrogen-bond acceptors (Lipinski definition) is 2. The molecule has 18 heavy (non-hydrogen) atoms. The molecule has 0 aromatic rings. The molecule has 0 spiro atoms. The van der Waals surface area contributed by atoms with E-state index in [2.05, 4.69) is 45.0 Å². The second kappa shape index (κ2) is 7.49. The van der Waals surface area contributed by atoms with Crippen molar-refractivity contribution in [2.75, 3.05) is 20.1 Å². The average Bonchev–Trinajstić information content (AvgIpc) is 2.80. The second-order valence-corrected chi connectivity index (χ2v) is 7.08. The van der Waals surface area contributed by atoms with Crippen LogP contribution < -0.4 is 5.32 Å². The zero-order valence-electron chi connectivity index (χ0n) is 13.3. The summed E-state index contributed by atoms with van der Waals surface area (Å²) in [5, 5.41) is 3.73. The van der Waals surface area contributed by atoms with Crippen LogP contribution in [0.25, 0.3) is 0 Å². The van der Waals surface area contributed by atoms with Crippen molar-refractivity contribution in [1.82, 2.24) is 10.2 Å². The predicted octanol–water partition coefficient (Wildman–Crippen LogP) is 3.67. The summed E-state index contributed by atoms with van der Waals surface area (Å²) < 4.78 is 0. The maximum absolute atomic E-state index is 3.73. The van der Waals surface area contributed by atoms with Crippen LogP contribution >= 0.6 is 0 Å². The summed E-state index contributed by atoms with van der Waals surface area (Å²) in [6.07, 6.45) is 8.21. The Bertz CT molecular complexity index is 214. The van der Waals surface area contributed by atoms with Crippen LogP contribution in [0.5, 0.6) is 0 Å². The zero-order valence-corrected chi connectivity index (χ0v) is 13.3. The van der Waals surface area contributed by atoms with Crippen molar-refractivity contribution < 1.29 is 0 Å². The van der Waals surface area contributed by atoms with Crippen molar-refractivity contribution in [3.8, 4) is 0 Å². The Morgan fingerprint density at radius 3 is 2.33 bits per heavy atom. The van der Waals surface area contributed by atoms with Gasteiger partial charge in [-0.15, -0.1) is 0 Å². The second-order valence-electron chi connectivity index (χ2n) is 7.08. The number of nitrogens with zero attached hydrogens (tertiary/aromatic N) is 1. The van der Waals surface area contributed by atoms with Crippen molar-refractivity contribution in [3.63, 3.8) is 0 Å². The summed E-state index contributed by atoms with van der Waals surface area (Å²) in [6, 6.07) is 1.50. The van der Waals surface area contributed by atoms with Crippen LogP contribution in [-0.4, -0.2) is 37.1 Å². The van der Waals surface area contributed by atoms with E-state index in [4.69, 9.17) is 0 Å². The predicted molar refractivity (Wildman–Crippen MR) is 81.0 cm³/mol. The molecule has 1 fully saturated rings. The summed E-state index contributed by atoms with van der Waals surface area (Å²) >= 11 is 0. The standard InChI is InChI=1S/C16H34N2/c1-6-12-17-15(16(2,3)4)11-13-18(5)14-9-7-8-10-14/h14-15,17H,6-13H2,1-5H3. The van der Waals surface area contributed by atoms with E-state index in [-0.39, 0.29) is 0 Å². The summed E-state index contributed by atoms with van der Waals surface area (Å²) in [5.41, 5.74) is 0.367. The molecule has 0 radical (unpaired) electrons. The van der Waals surface area contributed by atoms with Gasteiger partial charge in [-0.3, -0.25) is 0 Å². The molecule has 108 valence electrons. The Kier molecular flexibility index (Phi) is 6.65.